The minimum absolute atomic E-state index is 0.253. The number of rotatable bonds is 7. The van der Waals surface area contributed by atoms with Crippen molar-refractivity contribution in [3.63, 3.8) is 0 Å². The zero-order valence-electron chi connectivity index (χ0n) is 15.1. The lowest BCUT2D eigenvalue weighted by Gasteiger charge is -2.19. The Morgan fingerprint density at radius 3 is 2.48 bits per heavy atom. The number of carbonyl (C=O) groups excluding carboxylic acids is 2. The van der Waals surface area contributed by atoms with Gasteiger partial charge in [0.1, 0.15) is 0 Å². The standard InChI is InChI=1S/C19H19Cl2NO5/c1-22(10-13-5-4-6-14(20)18(13)21)19(24)12-7-8-15(25-2)16(9-12)27-11-17(23)26-3/h4-9H,10-11H2,1-3H3. The van der Waals surface area contributed by atoms with Gasteiger partial charge in [-0.3, -0.25) is 4.79 Å². The Hall–Kier alpha value is -2.44. The monoisotopic (exact) mass is 411 g/mol. The molecule has 144 valence electrons. The molecule has 1 amide bonds. The second kappa shape index (κ2) is 9.48. The molecule has 0 heterocycles. The molecule has 0 bridgehead atoms. The molecule has 2 rings (SSSR count). The summed E-state index contributed by atoms with van der Waals surface area (Å²) >= 11 is 12.2. The van der Waals surface area contributed by atoms with E-state index in [0.29, 0.717) is 21.4 Å². The first kappa shape index (κ1) is 20.9. The van der Waals surface area contributed by atoms with Crippen molar-refractivity contribution in [3.05, 3.63) is 57.6 Å². The van der Waals surface area contributed by atoms with Crippen molar-refractivity contribution in [1.29, 1.82) is 0 Å². The molecule has 0 fully saturated rings. The Labute approximate surface area is 167 Å². The molecule has 6 nitrogen and oxygen atoms in total. The zero-order valence-corrected chi connectivity index (χ0v) is 16.6. The molecule has 27 heavy (non-hydrogen) atoms. The van der Waals surface area contributed by atoms with Crippen LogP contribution in [0.15, 0.2) is 36.4 Å². The van der Waals surface area contributed by atoms with Crippen LogP contribution in [0.2, 0.25) is 10.0 Å². The third-order valence-corrected chi connectivity index (χ3v) is 4.63. The van der Waals surface area contributed by atoms with Gasteiger partial charge in [0.15, 0.2) is 18.1 Å². The number of hydrogen-bond donors (Lipinski definition) is 0. The van der Waals surface area contributed by atoms with Gasteiger partial charge >= 0.3 is 5.97 Å². The number of halogens is 2. The highest BCUT2D eigenvalue weighted by Crippen LogP contribution is 2.30. The Balaban J connectivity index is 2.19. The van der Waals surface area contributed by atoms with Gasteiger partial charge in [-0.15, -0.1) is 0 Å². The predicted molar refractivity (Wildman–Crippen MR) is 103 cm³/mol. The molecule has 0 aromatic heterocycles. The minimum atomic E-state index is -0.540. The molecule has 0 aliphatic heterocycles. The Morgan fingerprint density at radius 1 is 1.07 bits per heavy atom. The Kier molecular flexibility index (Phi) is 7.33. The summed E-state index contributed by atoms with van der Waals surface area (Å²) in [7, 11) is 4.38. The number of amides is 1. The van der Waals surface area contributed by atoms with Gasteiger partial charge in [-0.05, 0) is 29.8 Å². The van der Waals surface area contributed by atoms with E-state index in [1.54, 1.807) is 37.4 Å². The number of benzene rings is 2. The fourth-order valence-electron chi connectivity index (χ4n) is 2.34. The van der Waals surface area contributed by atoms with E-state index in [2.05, 4.69) is 4.74 Å². The predicted octanol–water partition coefficient (Wildman–Crippen LogP) is 3.83. The maximum absolute atomic E-state index is 12.8. The molecule has 2 aromatic rings. The van der Waals surface area contributed by atoms with Crippen LogP contribution in [0.5, 0.6) is 11.5 Å². The Bertz CT molecular complexity index is 841. The van der Waals surface area contributed by atoms with Gasteiger partial charge in [0.25, 0.3) is 5.91 Å². The van der Waals surface area contributed by atoms with E-state index in [1.165, 1.54) is 25.2 Å². The molecule has 0 spiro atoms. The number of esters is 1. The van der Waals surface area contributed by atoms with Gasteiger partial charge in [-0.2, -0.15) is 0 Å². The molecule has 8 heteroatoms. The highest BCUT2D eigenvalue weighted by Gasteiger charge is 2.17. The first-order valence-electron chi connectivity index (χ1n) is 7.93. The van der Waals surface area contributed by atoms with Crippen molar-refractivity contribution in [2.75, 3.05) is 27.9 Å². The molecule has 2 aromatic carbocycles. The fourth-order valence-corrected chi connectivity index (χ4v) is 2.72. The van der Waals surface area contributed by atoms with Crippen LogP contribution < -0.4 is 9.47 Å². The number of carbonyl (C=O) groups is 2. The van der Waals surface area contributed by atoms with Crippen LogP contribution in [0.25, 0.3) is 0 Å². The summed E-state index contributed by atoms with van der Waals surface area (Å²) in [5, 5.41) is 0.841. The maximum Gasteiger partial charge on any atom is 0.343 e. The van der Waals surface area contributed by atoms with Gasteiger partial charge in [-0.1, -0.05) is 35.3 Å². The van der Waals surface area contributed by atoms with Gasteiger partial charge in [0, 0.05) is 19.2 Å². The quantitative estimate of drug-likeness (QED) is 0.647. The van der Waals surface area contributed by atoms with E-state index >= 15 is 0 Å². The van der Waals surface area contributed by atoms with Crippen LogP contribution in [0.4, 0.5) is 0 Å². The summed E-state index contributed by atoms with van der Waals surface area (Å²) in [6.45, 7) is -0.0128. The van der Waals surface area contributed by atoms with E-state index in [1.807, 2.05) is 0 Å². The largest absolute Gasteiger partial charge is 0.493 e. The molecule has 0 saturated heterocycles. The molecule has 0 aliphatic rings. The maximum atomic E-state index is 12.8. The van der Waals surface area contributed by atoms with E-state index in [4.69, 9.17) is 32.7 Å². The van der Waals surface area contributed by atoms with E-state index in [9.17, 15) is 9.59 Å². The summed E-state index contributed by atoms with van der Waals surface area (Å²) in [6, 6.07) is 9.98. The van der Waals surface area contributed by atoms with Crippen molar-refractivity contribution < 1.29 is 23.8 Å². The van der Waals surface area contributed by atoms with Gasteiger partial charge in [-0.25, -0.2) is 4.79 Å². The van der Waals surface area contributed by atoms with Gasteiger partial charge < -0.3 is 19.1 Å². The SMILES string of the molecule is COC(=O)COc1cc(C(=O)N(C)Cc2cccc(Cl)c2Cl)ccc1OC. The third kappa shape index (κ3) is 5.28. The van der Waals surface area contributed by atoms with Crippen LogP contribution in [-0.2, 0) is 16.1 Å². The number of nitrogens with zero attached hydrogens (tertiary/aromatic N) is 1. The average molecular weight is 412 g/mol. The highest BCUT2D eigenvalue weighted by molar-refractivity contribution is 6.42. The summed E-state index contributed by atoms with van der Waals surface area (Å²) in [4.78, 5) is 25.5. The molecular weight excluding hydrogens is 393 g/mol. The number of ether oxygens (including phenoxy) is 3. The topological polar surface area (TPSA) is 65.1 Å². The van der Waals surface area contributed by atoms with E-state index < -0.39 is 5.97 Å². The molecule has 0 radical (unpaired) electrons. The molecular formula is C19H19Cl2NO5. The molecule has 0 unspecified atom stereocenters. The van der Waals surface area contributed by atoms with Crippen LogP contribution in [-0.4, -0.2) is 44.7 Å². The van der Waals surface area contributed by atoms with Crippen LogP contribution in [0.3, 0.4) is 0 Å². The summed E-state index contributed by atoms with van der Waals surface area (Å²) < 4.78 is 15.1. The molecule has 0 saturated carbocycles. The van der Waals surface area contributed by atoms with Crippen LogP contribution in [0.1, 0.15) is 15.9 Å². The lowest BCUT2D eigenvalue weighted by molar-refractivity contribution is -0.142. The second-order valence-corrected chi connectivity index (χ2v) is 6.39. The normalized spacial score (nSPS) is 10.3. The van der Waals surface area contributed by atoms with Gasteiger partial charge in [0.05, 0.1) is 24.3 Å². The highest BCUT2D eigenvalue weighted by atomic mass is 35.5. The van der Waals surface area contributed by atoms with Crippen molar-refractivity contribution in [2.45, 2.75) is 6.54 Å². The third-order valence-electron chi connectivity index (χ3n) is 3.77. The van der Waals surface area contributed by atoms with Crippen molar-refractivity contribution in [1.82, 2.24) is 4.90 Å². The van der Waals surface area contributed by atoms with Crippen LogP contribution in [0, 0.1) is 0 Å². The summed E-state index contributed by atoms with van der Waals surface area (Å²) in [5.74, 6) is -0.128. The lowest BCUT2D eigenvalue weighted by atomic mass is 10.1. The number of methoxy groups -OCH3 is 2. The molecule has 0 N–H and O–H groups in total. The van der Waals surface area contributed by atoms with Crippen molar-refractivity contribution >= 4 is 35.1 Å². The summed E-state index contributed by atoms with van der Waals surface area (Å²) in [5.41, 5.74) is 1.10. The number of hydrogen-bond acceptors (Lipinski definition) is 5. The van der Waals surface area contributed by atoms with Crippen LogP contribution >= 0.6 is 23.2 Å². The van der Waals surface area contributed by atoms with Crippen molar-refractivity contribution in [3.8, 4) is 11.5 Å². The fraction of sp³-hybridized carbons (Fsp3) is 0.263. The smallest absolute Gasteiger partial charge is 0.343 e. The zero-order chi connectivity index (χ0) is 20.0. The minimum Gasteiger partial charge on any atom is -0.493 e. The lowest BCUT2D eigenvalue weighted by Crippen LogP contribution is -2.26. The first-order valence-corrected chi connectivity index (χ1v) is 8.69. The molecule has 0 aliphatic carbocycles. The van der Waals surface area contributed by atoms with Gasteiger partial charge in [0.2, 0.25) is 0 Å². The molecule has 0 atom stereocenters. The van der Waals surface area contributed by atoms with E-state index in [-0.39, 0.29) is 24.8 Å². The second-order valence-electron chi connectivity index (χ2n) is 5.60. The average Bonchev–Trinajstić information content (AvgIpc) is 2.68. The summed E-state index contributed by atoms with van der Waals surface area (Å²) in [6.07, 6.45) is 0. The Morgan fingerprint density at radius 2 is 1.81 bits per heavy atom. The first-order chi connectivity index (χ1) is 12.9. The van der Waals surface area contributed by atoms with E-state index in [0.717, 1.165) is 5.56 Å². The van der Waals surface area contributed by atoms with Crippen molar-refractivity contribution in [2.24, 2.45) is 0 Å².